The van der Waals surface area contributed by atoms with Crippen molar-refractivity contribution in [2.45, 2.75) is 12.3 Å². The van der Waals surface area contributed by atoms with E-state index in [0.29, 0.717) is 13.0 Å². The first-order valence-corrected chi connectivity index (χ1v) is 7.83. The third kappa shape index (κ3) is 2.21. The lowest BCUT2D eigenvalue weighted by atomic mass is 9.95. The molecule has 0 spiro atoms. The largest absolute Gasteiger partial charge is 0.384 e. The molecule has 3 nitrogen and oxygen atoms in total. The van der Waals surface area contributed by atoms with Crippen LogP contribution >= 0.6 is 11.3 Å². The minimum atomic E-state index is -0.0480. The summed E-state index contributed by atoms with van der Waals surface area (Å²) in [6.07, 6.45) is 0.417. The molecule has 0 aliphatic carbocycles. The van der Waals surface area contributed by atoms with Crippen LogP contribution in [0.4, 0.5) is 5.69 Å². The summed E-state index contributed by atoms with van der Waals surface area (Å²) in [5, 5.41) is 4.21. The van der Waals surface area contributed by atoms with Gasteiger partial charge < -0.3 is 5.32 Å². The summed E-state index contributed by atoms with van der Waals surface area (Å²) in [5.74, 6) is 0.194. The maximum atomic E-state index is 12.6. The van der Waals surface area contributed by atoms with E-state index in [1.165, 1.54) is 0 Å². The van der Waals surface area contributed by atoms with Gasteiger partial charge in [0.25, 0.3) is 0 Å². The molecule has 2 aromatic carbocycles. The standard InChI is InChI=1S/C17H14N2OS/c20-15(12-10-18-13-6-2-1-5-11(12)13)9-17-19-14-7-3-4-8-16(14)21-17/h1-8,12,18H,9-10H2. The number of thiazole rings is 1. The van der Waals surface area contributed by atoms with Crippen LogP contribution < -0.4 is 5.32 Å². The third-order valence-corrected chi connectivity index (χ3v) is 4.92. The highest BCUT2D eigenvalue weighted by Gasteiger charge is 2.28. The quantitative estimate of drug-likeness (QED) is 0.802. The van der Waals surface area contributed by atoms with Gasteiger partial charge in [0.05, 0.1) is 22.6 Å². The molecule has 1 unspecified atom stereocenters. The number of carbonyl (C=O) groups is 1. The molecule has 104 valence electrons. The Hall–Kier alpha value is -2.20. The Labute approximate surface area is 126 Å². The van der Waals surface area contributed by atoms with Gasteiger partial charge in [0.1, 0.15) is 10.8 Å². The van der Waals surface area contributed by atoms with Crippen molar-refractivity contribution in [2.75, 3.05) is 11.9 Å². The van der Waals surface area contributed by atoms with Crippen molar-refractivity contribution in [3.63, 3.8) is 0 Å². The molecule has 21 heavy (non-hydrogen) atoms. The van der Waals surface area contributed by atoms with Gasteiger partial charge in [-0.05, 0) is 23.8 Å². The normalized spacial score (nSPS) is 16.7. The molecule has 0 bridgehead atoms. The highest BCUT2D eigenvalue weighted by Crippen LogP contribution is 2.33. The summed E-state index contributed by atoms with van der Waals surface area (Å²) in [4.78, 5) is 17.1. The van der Waals surface area contributed by atoms with Gasteiger partial charge in [-0.1, -0.05) is 30.3 Å². The molecule has 0 saturated heterocycles. The molecule has 0 amide bonds. The first-order chi connectivity index (χ1) is 10.3. The molecule has 3 aromatic rings. The molecule has 0 fully saturated rings. The maximum absolute atomic E-state index is 12.6. The fourth-order valence-electron chi connectivity index (χ4n) is 2.84. The van der Waals surface area contributed by atoms with Gasteiger partial charge >= 0.3 is 0 Å². The molecule has 4 rings (SSSR count). The lowest BCUT2D eigenvalue weighted by Crippen LogP contribution is -2.16. The van der Waals surface area contributed by atoms with Crippen LogP contribution in [-0.2, 0) is 11.2 Å². The Morgan fingerprint density at radius 3 is 2.90 bits per heavy atom. The molecule has 1 aromatic heterocycles. The number of para-hydroxylation sites is 2. The number of nitrogens with one attached hydrogen (secondary N) is 1. The fourth-order valence-corrected chi connectivity index (χ4v) is 3.82. The predicted octanol–water partition coefficient (Wildman–Crippen LogP) is 3.62. The van der Waals surface area contributed by atoms with Crippen LogP contribution in [-0.4, -0.2) is 17.3 Å². The zero-order valence-corrected chi connectivity index (χ0v) is 12.2. The smallest absolute Gasteiger partial charge is 0.148 e. The molecular weight excluding hydrogens is 280 g/mol. The summed E-state index contributed by atoms with van der Waals surface area (Å²) in [7, 11) is 0. The van der Waals surface area contributed by atoms with Crippen molar-refractivity contribution in [1.82, 2.24) is 4.98 Å². The maximum Gasteiger partial charge on any atom is 0.148 e. The van der Waals surface area contributed by atoms with Crippen LogP contribution in [0.2, 0.25) is 0 Å². The van der Waals surface area contributed by atoms with Crippen LogP contribution in [0.25, 0.3) is 10.2 Å². The van der Waals surface area contributed by atoms with Gasteiger partial charge in [-0.15, -0.1) is 11.3 Å². The molecule has 1 aliphatic heterocycles. The summed E-state index contributed by atoms with van der Waals surface area (Å²) in [6.45, 7) is 0.697. The van der Waals surface area contributed by atoms with Gasteiger partial charge in [0.2, 0.25) is 0 Å². The molecule has 1 N–H and O–H groups in total. The van der Waals surface area contributed by atoms with E-state index in [2.05, 4.69) is 10.3 Å². The minimum absolute atomic E-state index is 0.0480. The Kier molecular flexibility index (Phi) is 2.97. The monoisotopic (exact) mass is 294 g/mol. The lowest BCUT2D eigenvalue weighted by molar-refractivity contribution is -0.119. The Morgan fingerprint density at radius 1 is 1.19 bits per heavy atom. The Morgan fingerprint density at radius 2 is 2.00 bits per heavy atom. The van der Waals surface area contributed by atoms with E-state index >= 15 is 0 Å². The van der Waals surface area contributed by atoms with Crippen molar-refractivity contribution < 1.29 is 4.79 Å². The van der Waals surface area contributed by atoms with E-state index in [0.717, 1.165) is 26.5 Å². The fraction of sp³-hybridized carbons (Fsp3) is 0.176. The molecule has 1 aliphatic rings. The minimum Gasteiger partial charge on any atom is -0.384 e. The second kappa shape index (κ2) is 4.97. The van der Waals surface area contributed by atoms with Crippen molar-refractivity contribution in [3.05, 3.63) is 59.1 Å². The highest BCUT2D eigenvalue weighted by atomic mass is 32.1. The molecule has 1 atom stereocenters. The van der Waals surface area contributed by atoms with Gasteiger partial charge in [-0.3, -0.25) is 4.79 Å². The van der Waals surface area contributed by atoms with Gasteiger partial charge in [0, 0.05) is 12.2 Å². The lowest BCUT2D eigenvalue weighted by Gasteiger charge is -2.07. The van der Waals surface area contributed by atoms with Crippen molar-refractivity contribution in [2.24, 2.45) is 0 Å². The summed E-state index contributed by atoms with van der Waals surface area (Å²) < 4.78 is 1.14. The zero-order valence-electron chi connectivity index (χ0n) is 11.4. The number of Topliss-reactive ketones (excluding diaryl/α,β-unsaturated/α-hetero) is 1. The highest BCUT2D eigenvalue weighted by molar-refractivity contribution is 7.18. The number of rotatable bonds is 3. The van der Waals surface area contributed by atoms with Crippen molar-refractivity contribution >= 4 is 33.0 Å². The number of hydrogen-bond donors (Lipinski definition) is 1. The summed E-state index contributed by atoms with van der Waals surface area (Å²) in [5.41, 5.74) is 3.18. The van der Waals surface area contributed by atoms with Crippen LogP contribution in [0.1, 0.15) is 16.5 Å². The number of fused-ring (bicyclic) bond motifs is 2. The summed E-state index contributed by atoms with van der Waals surface area (Å²) >= 11 is 1.61. The van der Waals surface area contributed by atoms with E-state index in [4.69, 9.17) is 0 Å². The molecule has 4 heteroatoms. The van der Waals surface area contributed by atoms with E-state index in [1.807, 2.05) is 48.5 Å². The molecule has 0 saturated carbocycles. The molecule has 2 heterocycles. The first-order valence-electron chi connectivity index (χ1n) is 7.01. The number of ketones is 1. The topological polar surface area (TPSA) is 42.0 Å². The van der Waals surface area contributed by atoms with Crippen LogP contribution in [0, 0.1) is 0 Å². The SMILES string of the molecule is O=C(Cc1nc2ccccc2s1)C1CNc2ccccc21. The number of aromatic nitrogens is 1. The number of benzene rings is 2. The third-order valence-electron chi connectivity index (χ3n) is 3.89. The average molecular weight is 294 g/mol. The van der Waals surface area contributed by atoms with E-state index < -0.39 is 0 Å². The van der Waals surface area contributed by atoms with Crippen molar-refractivity contribution in [3.8, 4) is 0 Å². The Bertz CT molecular complexity index is 791. The van der Waals surface area contributed by atoms with Gasteiger partial charge in [0.15, 0.2) is 0 Å². The predicted molar refractivity (Wildman–Crippen MR) is 86.0 cm³/mol. The van der Waals surface area contributed by atoms with Crippen LogP contribution in [0.3, 0.4) is 0 Å². The van der Waals surface area contributed by atoms with Crippen LogP contribution in [0.15, 0.2) is 48.5 Å². The van der Waals surface area contributed by atoms with Crippen LogP contribution in [0.5, 0.6) is 0 Å². The molecular formula is C17H14N2OS. The average Bonchev–Trinajstić information content (AvgIpc) is 3.10. The number of anilines is 1. The molecule has 0 radical (unpaired) electrons. The van der Waals surface area contributed by atoms with E-state index in [1.54, 1.807) is 11.3 Å². The number of hydrogen-bond acceptors (Lipinski definition) is 4. The number of nitrogens with zero attached hydrogens (tertiary/aromatic N) is 1. The summed E-state index contributed by atoms with van der Waals surface area (Å²) in [6, 6.07) is 16.1. The Balaban J connectivity index is 1.59. The zero-order chi connectivity index (χ0) is 14.2. The second-order valence-corrected chi connectivity index (χ2v) is 6.35. The number of carbonyl (C=O) groups excluding carboxylic acids is 1. The van der Waals surface area contributed by atoms with Gasteiger partial charge in [-0.25, -0.2) is 4.98 Å². The van der Waals surface area contributed by atoms with Crippen molar-refractivity contribution in [1.29, 1.82) is 0 Å². The van der Waals surface area contributed by atoms with E-state index in [9.17, 15) is 4.79 Å². The second-order valence-electron chi connectivity index (χ2n) is 5.24. The van der Waals surface area contributed by atoms with Gasteiger partial charge in [-0.2, -0.15) is 0 Å². The van der Waals surface area contributed by atoms with E-state index in [-0.39, 0.29) is 11.7 Å². The first kappa shape index (κ1) is 12.5.